The number of carbonyl (C=O) groups is 2. The van der Waals surface area contributed by atoms with Crippen molar-refractivity contribution < 1.29 is 19.8 Å². The SMILES string of the molecule is CC=CC(=O)[O-].CC=CC(=O)[O-].[Ca+2]. The minimum absolute atomic E-state index is 0. The van der Waals surface area contributed by atoms with Gasteiger partial charge in [-0.1, -0.05) is 12.2 Å². The van der Waals surface area contributed by atoms with Crippen molar-refractivity contribution in [1.29, 1.82) is 0 Å². The molecule has 0 saturated heterocycles. The molecule has 0 heterocycles. The van der Waals surface area contributed by atoms with E-state index in [4.69, 9.17) is 0 Å². The summed E-state index contributed by atoms with van der Waals surface area (Å²) in [6.07, 6.45) is 4.77. The summed E-state index contributed by atoms with van der Waals surface area (Å²) in [6.45, 7) is 3.24. The van der Waals surface area contributed by atoms with Crippen molar-refractivity contribution >= 4 is 49.7 Å². The van der Waals surface area contributed by atoms with Crippen molar-refractivity contribution in [1.82, 2.24) is 0 Å². The van der Waals surface area contributed by atoms with Crippen LogP contribution in [0.3, 0.4) is 0 Å². The number of carbonyl (C=O) groups excluding carboxylic acids is 2. The van der Waals surface area contributed by atoms with E-state index in [-0.39, 0.29) is 37.7 Å². The molecule has 0 fully saturated rings. The monoisotopic (exact) mass is 210 g/mol. The largest absolute Gasteiger partial charge is 2.00 e. The molecule has 0 bridgehead atoms. The summed E-state index contributed by atoms with van der Waals surface area (Å²) in [7, 11) is 0. The number of carboxylic acid groups (broad SMARTS) is 2. The van der Waals surface area contributed by atoms with E-state index in [1.807, 2.05) is 0 Å². The summed E-state index contributed by atoms with van der Waals surface area (Å²) in [5.41, 5.74) is 0. The maximum absolute atomic E-state index is 9.40. The number of rotatable bonds is 2. The topological polar surface area (TPSA) is 80.3 Å². The van der Waals surface area contributed by atoms with Crippen LogP contribution in [-0.4, -0.2) is 49.7 Å². The first kappa shape index (κ1) is 18.5. The molecule has 13 heavy (non-hydrogen) atoms. The van der Waals surface area contributed by atoms with Gasteiger partial charge in [0.1, 0.15) is 0 Å². The zero-order valence-corrected chi connectivity index (χ0v) is 9.86. The molecule has 0 spiro atoms. The molecule has 4 nitrogen and oxygen atoms in total. The van der Waals surface area contributed by atoms with Gasteiger partial charge in [-0.15, -0.1) is 0 Å². The molecule has 0 N–H and O–H groups in total. The van der Waals surface area contributed by atoms with Crippen LogP contribution in [0.2, 0.25) is 0 Å². The normalized spacial score (nSPS) is 8.77. The Morgan fingerprint density at radius 2 is 1.15 bits per heavy atom. The average molecular weight is 210 g/mol. The van der Waals surface area contributed by atoms with Gasteiger partial charge in [-0.25, -0.2) is 0 Å². The average Bonchev–Trinajstić information content (AvgIpc) is 1.87. The van der Waals surface area contributed by atoms with E-state index >= 15 is 0 Å². The molecule has 0 amide bonds. The van der Waals surface area contributed by atoms with Crippen LogP contribution in [0.25, 0.3) is 0 Å². The van der Waals surface area contributed by atoms with Gasteiger partial charge in [-0.05, 0) is 26.0 Å². The molecule has 0 radical (unpaired) electrons. The Kier molecular flexibility index (Phi) is 20.2. The zero-order chi connectivity index (χ0) is 9.98. The van der Waals surface area contributed by atoms with E-state index in [0.29, 0.717) is 0 Å². The van der Waals surface area contributed by atoms with Crippen LogP contribution in [0.5, 0.6) is 0 Å². The molecule has 0 unspecified atom stereocenters. The van der Waals surface area contributed by atoms with E-state index in [1.54, 1.807) is 13.8 Å². The predicted octanol–water partition coefficient (Wildman–Crippen LogP) is -1.76. The van der Waals surface area contributed by atoms with Crippen LogP contribution < -0.4 is 10.2 Å². The Hall–Kier alpha value is -0.320. The molecular weight excluding hydrogens is 200 g/mol. The van der Waals surface area contributed by atoms with Gasteiger partial charge in [0.05, 0.1) is 11.9 Å². The molecule has 0 aromatic rings. The molecule has 0 aliphatic heterocycles. The van der Waals surface area contributed by atoms with Gasteiger partial charge in [0.2, 0.25) is 0 Å². The molecule has 0 aromatic carbocycles. The van der Waals surface area contributed by atoms with Crippen molar-refractivity contribution in [3.63, 3.8) is 0 Å². The number of hydrogen-bond acceptors (Lipinski definition) is 4. The van der Waals surface area contributed by atoms with Crippen LogP contribution in [0, 0.1) is 0 Å². The first-order chi connectivity index (χ1) is 5.54. The molecule has 5 heteroatoms. The van der Waals surface area contributed by atoms with Crippen molar-refractivity contribution in [2.45, 2.75) is 13.8 Å². The Morgan fingerprint density at radius 1 is 0.923 bits per heavy atom. The van der Waals surface area contributed by atoms with Gasteiger partial charge >= 0.3 is 37.7 Å². The maximum atomic E-state index is 9.40. The van der Waals surface area contributed by atoms with Crippen LogP contribution in [-0.2, 0) is 9.59 Å². The van der Waals surface area contributed by atoms with Crippen LogP contribution in [0.1, 0.15) is 13.8 Å². The van der Waals surface area contributed by atoms with Crippen LogP contribution >= 0.6 is 0 Å². The summed E-state index contributed by atoms with van der Waals surface area (Å²) in [5, 5.41) is 18.8. The summed E-state index contributed by atoms with van der Waals surface area (Å²) in [6, 6.07) is 0. The third-order valence-corrected chi connectivity index (χ3v) is 0.605. The van der Waals surface area contributed by atoms with Gasteiger partial charge in [-0.3, -0.25) is 0 Å². The van der Waals surface area contributed by atoms with E-state index in [1.165, 1.54) is 12.2 Å². The minimum Gasteiger partial charge on any atom is -0.545 e. The minimum atomic E-state index is -1.14. The first-order valence-electron chi connectivity index (χ1n) is 3.22. The third-order valence-electron chi connectivity index (χ3n) is 0.605. The quantitative estimate of drug-likeness (QED) is 0.399. The zero-order valence-electron chi connectivity index (χ0n) is 7.65. The van der Waals surface area contributed by atoms with Crippen molar-refractivity contribution in [3.8, 4) is 0 Å². The predicted molar refractivity (Wildman–Crippen MR) is 45.4 cm³/mol. The summed E-state index contributed by atoms with van der Waals surface area (Å²) in [4.78, 5) is 18.8. The Labute approximate surface area is 107 Å². The van der Waals surface area contributed by atoms with Crippen LogP contribution in [0.15, 0.2) is 24.3 Å². The summed E-state index contributed by atoms with van der Waals surface area (Å²) in [5.74, 6) is -2.28. The Balaban J connectivity index is -0.000000143. The summed E-state index contributed by atoms with van der Waals surface area (Å²) < 4.78 is 0. The maximum Gasteiger partial charge on any atom is 2.00 e. The van der Waals surface area contributed by atoms with E-state index < -0.39 is 11.9 Å². The van der Waals surface area contributed by atoms with Gasteiger partial charge in [-0.2, -0.15) is 0 Å². The third kappa shape index (κ3) is 33.9. The van der Waals surface area contributed by atoms with Crippen molar-refractivity contribution in [2.24, 2.45) is 0 Å². The van der Waals surface area contributed by atoms with Gasteiger partial charge in [0.25, 0.3) is 0 Å². The van der Waals surface area contributed by atoms with Crippen LogP contribution in [0.4, 0.5) is 0 Å². The second-order valence-corrected chi connectivity index (χ2v) is 1.64. The Bertz CT molecular complexity index is 174. The van der Waals surface area contributed by atoms with Crippen molar-refractivity contribution in [2.75, 3.05) is 0 Å². The van der Waals surface area contributed by atoms with Crippen molar-refractivity contribution in [3.05, 3.63) is 24.3 Å². The molecular formula is C8H10CaO4. The smallest absolute Gasteiger partial charge is 0.545 e. The fourth-order valence-electron chi connectivity index (χ4n) is 0.272. The molecule has 0 atom stereocenters. The summed E-state index contributed by atoms with van der Waals surface area (Å²) >= 11 is 0. The first-order valence-corrected chi connectivity index (χ1v) is 3.22. The van der Waals surface area contributed by atoms with E-state index in [0.717, 1.165) is 12.2 Å². The number of carboxylic acids is 2. The number of hydrogen-bond donors (Lipinski definition) is 0. The molecule has 68 valence electrons. The molecule has 0 aromatic heterocycles. The number of aliphatic carboxylic acids is 2. The Morgan fingerprint density at radius 3 is 1.15 bits per heavy atom. The van der Waals surface area contributed by atoms with E-state index in [9.17, 15) is 19.8 Å². The number of allylic oxidation sites excluding steroid dienone is 2. The van der Waals surface area contributed by atoms with Gasteiger partial charge in [0.15, 0.2) is 0 Å². The second-order valence-electron chi connectivity index (χ2n) is 1.64. The van der Waals surface area contributed by atoms with E-state index in [2.05, 4.69) is 0 Å². The fourth-order valence-corrected chi connectivity index (χ4v) is 0.272. The second kappa shape index (κ2) is 14.2. The molecule has 0 aliphatic rings. The van der Waals surface area contributed by atoms with Gasteiger partial charge < -0.3 is 19.8 Å². The fraction of sp³-hybridized carbons (Fsp3) is 0.250. The molecule has 0 saturated carbocycles. The standard InChI is InChI=1S/2C4H6O2.Ca/c2*1-2-3-4(5)6;/h2*2-3H,1H3,(H,5,6);/q;;+2/p-2. The van der Waals surface area contributed by atoms with Gasteiger partial charge in [0, 0.05) is 0 Å². The molecule has 0 rings (SSSR count). The molecule has 0 aliphatic carbocycles.